The largest absolute Gasteiger partial charge is 0.495 e. The van der Waals surface area contributed by atoms with Crippen molar-refractivity contribution in [2.45, 2.75) is 30.6 Å². The maximum atomic E-state index is 13.1. The number of ether oxygens (including phenoxy) is 1. The number of hydrogen-bond donors (Lipinski definition) is 0. The van der Waals surface area contributed by atoms with Crippen LogP contribution in [0.4, 0.5) is 0 Å². The summed E-state index contributed by atoms with van der Waals surface area (Å²) in [6, 6.07) is 12.5. The molecule has 30 heavy (non-hydrogen) atoms. The fourth-order valence-electron chi connectivity index (χ4n) is 3.56. The molecule has 1 aliphatic rings. The highest BCUT2D eigenvalue weighted by molar-refractivity contribution is 7.89. The van der Waals surface area contributed by atoms with Gasteiger partial charge in [-0.2, -0.15) is 9.29 Å². The van der Waals surface area contributed by atoms with Crippen molar-refractivity contribution in [1.29, 1.82) is 0 Å². The van der Waals surface area contributed by atoms with Gasteiger partial charge < -0.3 is 9.26 Å². The van der Waals surface area contributed by atoms with Crippen molar-refractivity contribution >= 4 is 21.6 Å². The lowest BCUT2D eigenvalue weighted by Crippen LogP contribution is -2.38. The second-order valence-electron chi connectivity index (χ2n) is 7.30. The van der Waals surface area contributed by atoms with E-state index >= 15 is 0 Å². The van der Waals surface area contributed by atoms with E-state index in [4.69, 9.17) is 20.9 Å². The molecule has 1 aliphatic heterocycles. The summed E-state index contributed by atoms with van der Waals surface area (Å²) in [5.74, 6) is 1.41. The summed E-state index contributed by atoms with van der Waals surface area (Å²) >= 11 is 6.02. The first kappa shape index (κ1) is 20.8. The first-order chi connectivity index (χ1) is 14.4. The molecule has 2 aromatic carbocycles. The lowest BCUT2D eigenvalue weighted by atomic mass is 9.97. The summed E-state index contributed by atoms with van der Waals surface area (Å²) in [5.41, 5.74) is 2.02. The van der Waals surface area contributed by atoms with E-state index in [-0.39, 0.29) is 16.6 Å². The van der Waals surface area contributed by atoms with Crippen LogP contribution in [0.1, 0.15) is 30.1 Å². The average molecular weight is 448 g/mol. The number of benzene rings is 2. The molecule has 0 amide bonds. The normalized spacial score (nSPS) is 16.0. The smallest absolute Gasteiger partial charge is 0.257 e. The zero-order chi connectivity index (χ0) is 21.3. The van der Waals surface area contributed by atoms with Gasteiger partial charge in [-0.15, -0.1) is 0 Å². The van der Waals surface area contributed by atoms with Crippen molar-refractivity contribution < 1.29 is 17.7 Å². The van der Waals surface area contributed by atoms with Gasteiger partial charge in [-0.1, -0.05) is 34.5 Å². The minimum Gasteiger partial charge on any atom is -0.495 e. The van der Waals surface area contributed by atoms with Crippen LogP contribution in [0.3, 0.4) is 0 Å². The Hall–Kier alpha value is -2.42. The topological polar surface area (TPSA) is 85.5 Å². The highest BCUT2D eigenvalue weighted by Crippen LogP contribution is 2.34. The first-order valence-corrected chi connectivity index (χ1v) is 11.4. The maximum absolute atomic E-state index is 13.1. The van der Waals surface area contributed by atoms with E-state index in [9.17, 15) is 8.42 Å². The summed E-state index contributed by atoms with van der Waals surface area (Å²) in [6.07, 6.45) is 1.21. The number of hydrogen-bond acceptors (Lipinski definition) is 6. The maximum Gasteiger partial charge on any atom is 0.257 e. The Balaban J connectivity index is 1.48. The minimum absolute atomic E-state index is 0.0423. The van der Waals surface area contributed by atoms with Crippen LogP contribution in [0.25, 0.3) is 11.5 Å². The van der Waals surface area contributed by atoms with Gasteiger partial charge in [0.2, 0.25) is 10.0 Å². The third-order valence-electron chi connectivity index (χ3n) is 5.30. The van der Waals surface area contributed by atoms with Crippen LogP contribution in [-0.2, 0) is 10.0 Å². The lowest BCUT2D eigenvalue weighted by Gasteiger charge is -2.30. The van der Waals surface area contributed by atoms with Crippen molar-refractivity contribution in [1.82, 2.24) is 14.4 Å². The molecule has 1 aromatic heterocycles. The molecule has 0 atom stereocenters. The molecule has 3 aromatic rings. The van der Waals surface area contributed by atoms with Crippen molar-refractivity contribution in [3.63, 3.8) is 0 Å². The SMILES string of the molecule is COc1ccc(Cl)cc1S(=O)(=O)N1CCC(c2noc(-c3ccc(C)cc3)n2)CC1. The van der Waals surface area contributed by atoms with Crippen LogP contribution in [0.5, 0.6) is 5.75 Å². The molecule has 0 N–H and O–H groups in total. The molecule has 0 saturated carbocycles. The standard InChI is InChI=1S/C21H22ClN3O4S/c1-14-3-5-16(6-4-14)21-23-20(24-29-21)15-9-11-25(12-10-15)30(26,27)19-13-17(22)7-8-18(19)28-2/h3-8,13,15H,9-12H2,1-2H3. The van der Waals surface area contributed by atoms with Crippen LogP contribution in [0.15, 0.2) is 51.9 Å². The fourth-order valence-corrected chi connectivity index (χ4v) is 5.45. The molecular weight excluding hydrogens is 426 g/mol. The second-order valence-corrected chi connectivity index (χ2v) is 9.64. The zero-order valence-corrected chi connectivity index (χ0v) is 18.3. The zero-order valence-electron chi connectivity index (χ0n) is 16.7. The Kier molecular flexibility index (Phi) is 5.81. The molecule has 4 rings (SSSR count). The number of halogens is 1. The summed E-state index contributed by atoms with van der Waals surface area (Å²) in [7, 11) is -2.27. The van der Waals surface area contributed by atoms with Crippen LogP contribution in [0, 0.1) is 6.92 Å². The van der Waals surface area contributed by atoms with E-state index in [1.165, 1.54) is 17.5 Å². The number of sulfonamides is 1. The van der Waals surface area contributed by atoms with Gasteiger partial charge in [-0.05, 0) is 50.1 Å². The quantitative estimate of drug-likeness (QED) is 0.580. The molecule has 2 heterocycles. The Labute approximate surface area is 180 Å². The summed E-state index contributed by atoms with van der Waals surface area (Å²) < 4.78 is 38.3. The molecule has 1 saturated heterocycles. The van der Waals surface area contributed by atoms with Gasteiger partial charge in [0.05, 0.1) is 7.11 Å². The molecule has 0 bridgehead atoms. The Morgan fingerprint density at radius 2 is 1.83 bits per heavy atom. The number of nitrogens with zero attached hydrogens (tertiary/aromatic N) is 3. The van der Waals surface area contributed by atoms with Crippen LogP contribution in [-0.4, -0.2) is 43.1 Å². The van der Waals surface area contributed by atoms with E-state index in [1.54, 1.807) is 12.1 Å². The predicted molar refractivity (Wildman–Crippen MR) is 113 cm³/mol. The highest BCUT2D eigenvalue weighted by atomic mass is 35.5. The molecule has 0 unspecified atom stereocenters. The second kappa shape index (κ2) is 8.37. The van der Waals surface area contributed by atoms with Gasteiger partial charge in [-0.3, -0.25) is 0 Å². The summed E-state index contributed by atoms with van der Waals surface area (Å²) in [4.78, 5) is 4.62. The molecule has 7 nitrogen and oxygen atoms in total. The molecule has 1 fully saturated rings. The van der Waals surface area contributed by atoms with E-state index in [0.29, 0.717) is 42.7 Å². The predicted octanol–water partition coefficient (Wildman–Crippen LogP) is 4.28. The van der Waals surface area contributed by atoms with Gasteiger partial charge in [0.25, 0.3) is 5.89 Å². The third kappa shape index (κ3) is 4.08. The first-order valence-electron chi connectivity index (χ1n) is 9.63. The fraction of sp³-hybridized carbons (Fsp3) is 0.333. The number of piperidine rings is 1. The number of rotatable bonds is 5. The van der Waals surface area contributed by atoms with Gasteiger partial charge in [0.15, 0.2) is 5.82 Å². The Bertz CT molecular complexity index is 1140. The molecule has 9 heteroatoms. The Morgan fingerprint density at radius 1 is 1.13 bits per heavy atom. The minimum atomic E-state index is -3.72. The average Bonchev–Trinajstić information content (AvgIpc) is 3.24. The van der Waals surface area contributed by atoms with Crippen molar-refractivity contribution in [3.05, 3.63) is 58.9 Å². The lowest BCUT2D eigenvalue weighted by molar-refractivity contribution is 0.305. The molecule has 0 spiro atoms. The van der Waals surface area contributed by atoms with E-state index in [1.807, 2.05) is 31.2 Å². The summed E-state index contributed by atoms with van der Waals surface area (Å²) in [6.45, 7) is 2.73. The molecular formula is C21H22ClN3O4S. The van der Waals surface area contributed by atoms with Gasteiger partial charge in [0, 0.05) is 29.6 Å². The van der Waals surface area contributed by atoms with Gasteiger partial charge >= 0.3 is 0 Å². The van der Waals surface area contributed by atoms with E-state index in [0.717, 1.165) is 11.1 Å². The van der Waals surface area contributed by atoms with E-state index < -0.39 is 10.0 Å². The number of aromatic nitrogens is 2. The van der Waals surface area contributed by atoms with E-state index in [2.05, 4.69) is 10.1 Å². The number of aryl methyl sites for hydroxylation is 1. The van der Waals surface area contributed by atoms with Crippen molar-refractivity contribution in [3.8, 4) is 17.2 Å². The third-order valence-corrected chi connectivity index (χ3v) is 7.46. The summed E-state index contributed by atoms with van der Waals surface area (Å²) in [5, 5.41) is 4.48. The van der Waals surface area contributed by atoms with Crippen LogP contribution < -0.4 is 4.74 Å². The van der Waals surface area contributed by atoms with Crippen molar-refractivity contribution in [2.75, 3.05) is 20.2 Å². The molecule has 0 radical (unpaired) electrons. The Morgan fingerprint density at radius 3 is 2.50 bits per heavy atom. The molecule has 158 valence electrons. The number of methoxy groups -OCH3 is 1. The highest BCUT2D eigenvalue weighted by Gasteiger charge is 2.33. The molecule has 0 aliphatic carbocycles. The van der Waals surface area contributed by atoms with Gasteiger partial charge in [0.1, 0.15) is 10.6 Å². The van der Waals surface area contributed by atoms with Gasteiger partial charge in [-0.25, -0.2) is 8.42 Å². The van der Waals surface area contributed by atoms with Crippen LogP contribution in [0.2, 0.25) is 5.02 Å². The van der Waals surface area contributed by atoms with Crippen molar-refractivity contribution in [2.24, 2.45) is 0 Å². The van der Waals surface area contributed by atoms with Crippen LogP contribution >= 0.6 is 11.6 Å². The monoisotopic (exact) mass is 447 g/mol.